The predicted molar refractivity (Wildman–Crippen MR) is 339 cm³/mol. The van der Waals surface area contributed by atoms with Crippen molar-refractivity contribution < 1.29 is 28.6 Å². The molecule has 6 heteroatoms. The van der Waals surface area contributed by atoms with Crippen LogP contribution >= 0.6 is 0 Å². The third-order valence-corrected chi connectivity index (χ3v) is 15.9. The van der Waals surface area contributed by atoms with E-state index >= 15 is 0 Å². The Kier molecular flexibility index (Phi) is 65.1. The van der Waals surface area contributed by atoms with Crippen molar-refractivity contribution in [1.82, 2.24) is 0 Å². The first kappa shape index (κ1) is 75.6. The van der Waals surface area contributed by atoms with Gasteiger partial charge in [-0.25, -0.2) is 0 Å². The summed E-state index contributed by atoms with van der Waals surface area (Å²) in [6, 6.07) is 0. The normalized spacial score (nSPS) is 12.2. The summed E-state index contributed by atoms with van der Waals surface area (Å²) in [6.07, 6.45) is 83.1. The fourth-order valence-electron chi connectivity index (χ4n) is 10.6. The highest BCUT2D eigenvalue weighted by atomic mass is 16.6. The van der Waals surface area contributed by atoms with Gasteiger partial charge in [0, 0.05) is 19.3 Å². The molecule has 0 saturated carbocycles. The third-order valence-electron chi connectivity index (χ3n) is 15.9. The first-order valence-electron chi connectivity index (χ1n) is 35.0. The molecule has 0 rings (SSSR count). The monoisotopic (exact) mass is 1100 g/mol. The Balaban J connectivity index is 4.29. The molecule has 0 amide bonds. The zero-order chi connectivity index (χ0) is 56.4. The average Bonchev–Trinajstić information content (AvgIpc) is 3.44. The molecule has 458 valence electrons. The Labute approximate surface area is 486 Å². The van der Waals surface area contributed by atoms with Crippen LogP contribution in [0.4, 0.5) is 0 Å². The number of hydrogen-bond acceptors (Lipinski definition) is 6. The van der Waals surface area contributed by atoms with E-state index < -0.39 is 6.10 Å². The second-order valence-corrected chi connectivity index (χ2v) is 23.8. The molecule has 6 nitrogen and oxygen atoms in total. The minimum absolute atomic E-state index is 0.0725. The van der Waals surface area contributed by atoms with E-state index in [0.717, 1.165) is 77.0 Å². The highest BCUT2D eigenvalue weighted by Gasteiger charge is 2.19. The van der Waals surface area contributed by atoms with Crippen molar-refractivity contribution in [2.75, 3.05) is 13.2 Å². The van der Waals surface area contributed by atoms with Crippen LogP contribution in [0, 0.1) is 0 Å². The molecule has 1 unspecified atom stereocenters. The summed E-state index contributed by atoms with van der Waals surface area (Å²) in [4.78, 5) is 38.4. The standard InChI is InChI=1S/C72H134O6/c1-4-7-10-13-16-19-22-25-28-30-32-34-36-38-39-41-44-47-50-53-56-59-62-65-71(74)77-68-69(67-76-70(73)64-61-58-55-52-49-46-43-27-24-21-18-15-12-9-6-3)78-72(75)66-63-60-57-54-51-48-45-42-40-37-35-33-31-29-26-23-20-17-14-11-8-5-2/h18,21,27,30,32,43,69H,4-17,19-20,22-26,28-29,31,33-42,44-68H2,1-3H3/b21-18-,32-30-,43-27-. The molecule has 0 heterocycles. The van der Waals surface area contributed by atoms with E-state index in [1.165, 1.54) is 270 Å². The van der Waals surface area contributed by atoms with E-state index in [-0.39, 0.29) is 31.1 Å². The number of ether oxygens (including phenoxy) is 3. The SMILES string of the molecule is CCCCC/C=C\C/C=C\CCCCCCCC(=O)OCC(COC(=O)CCCCCCCCCCCCC/C=C\CCCCCCCCCC)OC(=O)CCCCCCCCCCCCCCCCCCCCCCCC. The summed E-state index contributed by atoms with van der Waals surface area (Å²) in [6.45, 7) is 6.68. The maximum atomic E-state index is 13.0. The number of allylic oxidation sites excluding steroid dienone is 6. The Morgan fingerprint density at radius 1 is 0.256 bits per heavy atom. The van der Waals surface area contributed by atoms with Crippen molar-refractivity contribution in [3.63, 3.8) is 0 Å². The summed E-state index contributed by atoms with van der Waals surface area (Å²) in [5.41, 5.74) is 0. The van der Waals surface area contributed by atoms with Gasteiger partial charge in [-0.15, -0.1) is 0 Å². The van der Waals surface area contributed by atoms with E-state index in [4.69, 9.17) is 14.2 Å². The molecule has 0 saturated heterocycles. The highest BCUT2D eigenvalue weighted by molar-refractivity contribution is 5.71. The molecular formula is C72H134O6. The molecule has 0 N–H and O–H groups in total. The second-order valence-electron chi connectivity index (χ2n) is 23.8. The topological polar surface area (TPSA) is 78.9 Å². The number of hydrogen-bond donors (Lipinski definition) is 0. The Hall–Kier alpha value is -2.37. The smallest absolute Gasteiger partial charge is 0.306 e. The lowest BCUT2D eigenvalue weighted by atomic mass is 10.0. The number of esters is 3. The van der Waals surface area contributed by atoms with Gasteiger partial charge in [-0.2, -0.15) is 0 Å². The molecule has 0 aliphatic heterocycles. The summed E-state index contributed by atoms with van der Waals surface area (Å²) in [5.74, 6) is -0.859. The predicted octanol–water partition coefficient (Wildman–Crippen LogP) is 23.9. The Bertz CT molecular complexity index is 1300. The van der Waals surface area contributed by atoms with Crippen LogP contribution in [0.25, 0.3) is 0 Å². The fourth-order valence-corrected chi connectivity index (χ4v) is 10.6. The van der Waals surface area contributed by atoms with Gasteiger partial charge in [0.2, 0.25) is 0 Å². The van der Waals surface area contributed by atoms with Gasteiger partial charge < -0.3 is 14.2 Å². The molecule has 0 fully saturated rings. The van der Waals surface area contributed by atoms with Crippen LogP contribution in [0.1, 0.15) is 387 Å². The van der Waals surface area contributed by atoms with Gasteiger partial charge in [0.15, 0.2) is 6.10 Å². The quantitative estimate of drug-likeness (QED) is 0.0261. The molecule has 0 aromatic carbocycles. The second kappa shape index (κ2) is 67.1. The van der Waals surface area contributed by atoms with Crippen molar-refractivity contribution in [1.29, 1.82) is 0 Å². The van der Waals surface area contributed by atoms with Gasteiger partial charge in [-0.1, -0.05) is 327 Å². The average molecular weight is 1100 g/mol. The third kappa shape index (κ3) is 64.5. The van der Waals surface area contributed by atoms with E-state index in [1.54, 1.807) is 0 Å². The minimum atomic E-state index is -0.777. The van der Waals surface area contributed by atoms with Crippen molar-refractivity contribution in [3.05, 3.63) is 36.5 Å². The summed E-state index contributed by atoms with van der Waals surface area (Å²) in [5, 5.41) is 0. The van der Waals surface area contributed by atoms with Gasteiger partial charge >= 0.3 is 17.9 Å². The van der Waals surface area contributed by atoms with Gasteiger partial charge in [0.1, 0.15) is 13.2 Å². The zero-order valence-corrected chi connectivity index (χ0v) is 52.7. The molecule has 0 bridgehead atoms. The highest BCUT2D eigenvalue weighted by Crippen LogP contribution is 2.18. The molecule has 78 heavy (non-hydrogen) atoms. The van der Waals surface area contributed by atoms with Crippen molar-refractivity contribution in [2.45, 2.75) is 393 Å². The van der Waals surface area contributed by atoms with Crippen LogP contribution in [0.2, 0.25) is 0 Å². The molecule has 0 radical (unpaired) electrons. The lowest BCUT2D eigenvalue weighted by molar-refractivity contribution is -0.167. The molecule has 0 aliphatic rings. The van der Waals surface area contributed by atoms with Crippen molar-refractivity contribution in [2.24, 2.45) is 0 Å². The number of rotatable bonds is 65. The molecule has 0 aliphatic carbocycles. The van der Waals surface area contributed by atoms with Gasteiger partial charge in [-0.05, 0) is 77.0 Å². The zero-order valence-electron chi connectivity index (χ0n) is 52.7. The van der Waals surface area contributed by atoms with Crippen LogP contribution in [0.5, 0.6) is 0 Å². The summed E-state index contributed by atoms with van der Waals surface area (Å²) >= 11 is 0. The van der Waals surface area contributed by atoms with E-state index in [1.807, 2.05) is 0 Å². The molecule has 0 spiro atoms. The van der Waals surface area contributed by atoms with Crippen molar-refractivity contribution >= 4 is 17.9 Å². The van der Waals surface area contributed by atoms with Crippen LogP contribution in [-0.2, 0) is 28.6 Å². The summed E-state index contributed by atoms with van der Waals surface area (Å²) < 4.78 is 17.0. The molecule has 0 aromatic heterocycles. The number of unbranched alkanes of at least 4 members (excludes halogenated alkanes) is 48. The number of carbonyl (C=O) groups is 3. The Morgan fingerprint density at radius 2 is 0.462 bits per heavy atom. The van der Waals surface area contributed by atoms with Crippen LogP contribution in [0.15, 0.2) is 36.5 Å². The van der Waals surface area contributed by atoms with E-state index in [9.17, 15) is 14.4 Å². The van der Waals surface area contributed by atoms with Crippen LogP contribution in [-0.4, -0.2) is 37.2 Å². The molecular weight excluding hydrogens is 961 g/mol. The Morgan fingerprint density at radius 3 is 0.744 bits per heavy atom. The first-order chi connectivity index (χ1) is 38.5. The lowest BCUT2D eigenvalue weighted by Gasteiger charge is -2.18. The molecule has 0 aromatic rings. The van der Waals surface area contributed by atoms with Gasteiger partial charge in [0.25, 0.3) is 0 Å². The first-order valence-corrected chi connectivity index (χ1v) is 35.0. The van der Waals surface area contributed by atoms with Crippen LogP contribution < -0.4 is 0 Å². The van der Waals surface area contributed by atoms with E-state index in [2.05, 4.69) is 57.2 Å². The maximum absolute atomic E-state index is 13.0. The van der Waals surface area contributed by atoms with Crippen molar-refractivity contribution in [3.8, 4) is 0 Å². The van der Waals surface area contributed by atoms with Gasteiger partial charge in [0.05, 0.1) is 0 Å². The minimum Gasteiger partial charge on any atom is -0.462 e. The van der Waals surface area contributed by atoms with Crippen LogP contribution in [0.3, 0.4) is 0 Å². The summed E-state index contributed by atoms with van der Waals surface area (Å²) in [7, 11) is 0. The van der Waals surface area contributed by atoms with E-state index in [0.29, 0.717) is 19.3 Å². The maximum Gasteiger partial charge on any atom is 0.306 e. The van der Waals surface area contributed by atoms with Gasteiger partial charge in [-0.3, -0.25) is 14.4 Å². The lowest BCUT2D eigenvalue weighted by Crippen LogP contribution is -2.30. The largest absolute Gasteiger partial charge is 0.462 e. The number of carbonyl (C=O) groups excluding carboxylic acids is 3. The fraction of sp³-hybridized carbons (Fsp3) is 0.875. The molecule has 1 atom stereocenters.